The highest BCUT2D eigenvalue weighted by molar-refractivity contribution is 6.67. The second kappa shape index (κ2) is 3.27. The molecule has 0 aromatic carbocycles. The fraction of sp³-hybridized carbons (Fsp3) is 1.00. The van der Waals surface area contributed by atoms with Gasteiger partial charge in [0.15, 0.2) is 0 Å². The first-order chi connectivity index (χ1) is 4.91. The molecule has 0 saturated carbocycles. The van der Waals surface area contributed by atoms with Gasteiger partial charge < -0.3 is 9.47 Å². The van der Waals surface area contributed by atoms with Gasteiger partial charge >= 0.3 is 0 Å². The lowest BCUT2D eigenvalue weighted by atomic mass is 10.3. The number of alkyl halides is 3. The maximum Gasteiger partial charge on any atom is 0.240 e. The highest BCUT2D eigenvalue weighted by atomic mass is 35.6. The molecule has 2 atom stereocenters. The number of rotatable bonds is 0. The van der Waals surface area contributed by atoms with Crippen molar-refractivity contribution in [2.24, 2.45) is 0 Å². The molecule has 0 aromatic heterocycles. The average Bonchev–Trinajstić information content (AvgIpc) is 2.11. The molecule has 0 aliphatic carbocycles. The molecule has 1 rings (SSSR count). The average molecular weight is 219 g/mol. The van der Waals surface area contributed by atoms with Crippen molar-refractivity contribution < 1.29 is 9.47 Å². The Hall–Kier alpha value is 0.790. The van der Waals surface area contributed by atoms with E-state index in [9.17, 15) is 0 Å². The minimum Gasteiger partial charge on any atom is -0.343 e. The summed E-state index contributed by atoms with van der Waals surface area (Å²) in [7, 11) is 0. The van der Waals surface area contributed by atoms with Gasteiger partial charge in [-0.3, -0.25) is 0 Å². The Morgan fingerprint density at radius 1 is 1.00 bits per heavy atom. The van der Waals surface area contributed by atoms with Crippen LogP contribution in [0.1, 0.15) is 13.8 Å². The van der Waals surface area contributed by atoms with Crippen molar-refractivity contribution >= 4 is 34.8 Å². The van der Waals surface area contributed by atoms with Gasteiger partial charge in [-0.15, -0.1) is 0 Å². The zero-order valence-electron chi connectivity index (χ0n) is 6.18. The predicted octanol–water partition coefficient (Wildman–Crippen LogP) is 2.51. The molecule has 0 unspecified atom stereocenters. The highest BCUT2D eigenvalue weighted by Gasteiger charge is 2.42. The van der Waals surface area contributed by atoms with Crippen LogP contribution in [0.4, 0.5) is 0 Å². The number of hydrogen-bond donors (Lipinski definition) is 0. The topological polar surface area (TPSA) is 18.5 Å². The zero-order chi connectivity index (χ0) is 8.65. The Morgan fingerprint density at radius 3 is 1.55 bits per heavy atom. The lowest BCUT2D eigenvalue weighted by Crippen LogP contribution is -2.26. The molecule has 0 aromatic rings. The molecule has 5 heteroatoms. The maximum absolute atomic E-state index is 5.55. The van der Waals surface area contributed by atoms with Gasteiger partial charge in [0, 0.05) is 0 Å². The monoisotopic (exact) mass is 218 g/mol. The molecule has 0 amide bonds. The summed E-state index contributed by atoms with van der Waals surface area (Å²) in [4.78, 5) is 0. The van der Waals surface area contributed by atoms with Crippen LogP contribution in [0.25, 0.3) is 0 Å². The van der Waals surface area contributed by atoms with Gasteiger partial charge in [0.2, 0.25) is 10.1 Å². The smallest absolute Gasteiger partial charge is 0.240 e. The van der Waals surface area contributed by atoms with Crippen LogP contribution >= 0.6 is 34.8 Å². The van der Waals surface area contributed by atoms with E-state index in [0.717, 1.165) is 0 Å². The van der Waals surface area contributed by atoms with E-state index < -0.39 is 10.1 Å². The molecule has 1 aliphatic heterocycles. The van der Waals surface area contributed by atoms with Crippen LogP contribution in [0, 0.1) is 0 Å². The second-order valence-corrected chi connectivity index (χ2v) is 4.92. The third-order valence-electron chi connectivity index (χ3n) is 1.60. The molecular formula is C6H9Cl3O2. The van der Waals surface area contributed by atoms with E-state index in [0.29, 0.717) is 0 Å². The third kappa shape index (κ3) is 2.36. The summed E-state index contributed by atoms with van der Waals surface area (Å²) in [5, 5.41) is 0. The van der Waals surface area contributed by atoms with Crippen LogP contribution in [0.2, 0.25) is 0 Å². The Balaban J connectivity index is 2.54. The largest absolute Gasteiger partial charge is 0.343 e. The molecule has 1 heterocycles. The summed E-state index contributed by atoms with van der Waals surface area (Å²) in [6.45, 7) is 3.75. The predicted molar refractivity (Wildman–Crippen MR) is 45.2 cm³/mol. The summed E-state index contributed by atoms with van der Waals surface area (Å²) in [6.07, 6.45) is -0.774. The quantitative estimate of drug-likeness (QED) is 0.583. The lowest BCUT2D eigenvalue weighted by Gasteiger charge is -2.17. The van der Waals surface area contributed by atoms with E-state index in [1.165, 1.54) is 0 Å². The van der Waals surface area contributed by atoms with Crippen molar-refractivity contribution in [3.8, 4) is 0 Å². The van der Waals surface area contributed by atoms with Gasteiger partial charge in [0.05, 0.1) is 12.2 Å². The minimum absolute atomic E-state index is 0.0179. The molecule has 66 valence electrons. The number of ether oxygens (including phenoxy) is 2. The fourth-order valence-corrected chi connectivity index (χ4v) is 1.11. The molecule has 1 saturated heterocycles. The van der Waals surface area contributed by atoms with E-state index in [4.69, 9.17) is 44.3 Å². The van der Waals surface area contributed by atoms with Gasteiger partial charge in [-0.2, -0.15) is 0 Å². The SMILES string of the molecule is C[C@H]1OC(C(Cl)(Cl)Cl)O[C@@H]1C. The summed E-state index contributed by atoms with van der Waals surface area (Å²) in [6, 6.07) is 0. The number of hydrogen-bond acceptors (Lipinski definition) is 2. The maximum atomic E-state index is 5.55. The standard InChI is InChI=1S/C6H9Cl3O2/c1-3-4(2)11-5(10-3)6(7,8)9/h3-5H,1-2H3/t3-,4-/m1/s1. The first-order valence-electron chi connectivity index (χ1n) is 3.29. The van der Waals surface area contributed by atoms with Crippen molar-refractivity contribution in [3.63, 3.8) is 0 Å². The van der Waals surface area contributed by atoms with Crippen LogP contribution in [-0.2, 0) is 9.47 Å². The van der Waals surface area contributed by atoms with Crippen LogP contribution < -0.4 is 0 Å². The molecule has 0 spiro atoms. The van der Waals surface area contributed by atoms with Crippen molar-refractivity contribution in [1.29, 1.82) is 0 Å². The van der Waals surface area contributed by atoms with Gasteiger partial charge in [0.1, 0.15) is 0 Å². The normalized spacial score (nSPS) is 34.6. The molecule has 1 aliphatic rings. The molecule has 0 radical (unpaired) electrons. The molecule has 11 heavy (non-hydrogen) atoms. The van der Waals surface area contributed by atoms with Gasteiger partial charge in [-0.05, 0) is 13.8 Å². The molecule has 1 fully saturated rings. The second-order valence-electron chi connectivity index (χ2n) is 2.56. The Morgan fingerprint density at radius 2 is 1.36 bits per heavy atom. The van der Waals surface area contributed by atoms with Gasteiger partial charge in [-0.1, -0.05) is 34.8 Å². The summed E-state index contributed by atoms with van der Waals surface area (Å²) in [5.74, 6) is 0. The van der Waals surface area contributed by atoms with Crippen LogP contribution in [0.3, 0.4) is 0 Å². The Kier molecular flexibility index (Phi) is 2.93. The molecular weight excluding hydrogens is 210 g/mol. The van der Waals surface area contributed by atoms with Crippen LogP contribution in [0.15, 0.2) is 0 Å². The van der Waals surface area contributed by atoms with E-state index >= 15 is 0 Å². The van der Waals surface area contributed by atoms with Crippen molar-refractivity contribution in [3.05, 3.63) is 0 Å². The highest BCUT2D eigenvalue weighted by Crippen LogP contribution is 2.37. The van der Waals surface area contributed by atoms with Crippen molar-refractivity contribution in [2.75, 3.05) is 0 Å². The van der Waals surface area contributed by atoms with Gasteiger partial charge in [-0.25, -0.2) is 0 Å². The lowest BCUT2D eigenvalue weighted by molar-refractivity contribution is -0.0583. The van der Waals surface area contributed by atoms with Crippen molar-refractivity contribution in [1.82, 2.24) is 0 Å². The van der Waals surface area contributed by atoms with E-state index in [2.05, 4.69) is 0 Å². The van der Waals surface area contributed by atoms with E-state index in [1.54, 1.807) is 0 Å². The molecule has 0 bridgehead atoms. The first-order valence-corrected chi connectivity index (χ1v) is 4.42. The molecule has 0 N–H and O–H groups in total. The summed E-state index contributed by atoms with van der Waals surface area (Å²) in [5.41, 5.74) is 0. The van der Waals surface area contributed by atoms with E-state index in [-0.39, 0.29) is 12.2 Å². The minimum atomic E-state index is -1.49. The van der Waals surface area contributed by atoms with Crippen LogP contribution in [0.5, 0.6) is 0 Å². The Labute approximate surface area is 80.7 Å². The van der Waals surface area contributed by atoms with Gasteiger partial charge in [0.25, 0.3) is 0 Å². The van der Waals surface area contributed by atoms with Crippen molar-refractivity contribution in [2.45, 2.75) is 36.1 Å². The van der Waals surface area contributed by atoms with Crippen LogP contribution in [-0.4, -0.2) is 22.3 Å². The van der Waals surface area contributed by atoms with E-state index in [1.807, 2.05) is 13.8 Å². The number of halogens is 3. The summed E-state index contributed by atoms with van der Waals surface area (Å²) < 4.78 is 8.95. The fourth-order valence-electron chi connectivity index (χ4n) is 0.798. The zero-order valence-corrected chi connectivity index (χ0v) is 8.45. The molecule has 2 nitrogen and oxygen atoms in total. The first kappa shape index (κ1) is 9.87. The third-order valence-corrected chi connectivity index (χ3v) is 2.14. The Bertz CT molecular complexity index is 135. The summed E-state index contributed by atoms with van der Waals surface area (Å²) >= 11 is 16.7.